The monoisotopic (exact) mass is 443 g/mol. The number of hydrogen-bond donors (Lipinski definition) is 0. The summed E-state index contributed by atoms with van der Waals surface area (Å²) in [5.41, 5.74) is 0.950. The van der Waals surface area contributed by atoms with Crippen LogP contribution in [-0.4, -0.2) is 45.4 Å². The van der Waals surface area contributed by atoms with Crippen molar-refractivity contribution in [3.05, 3.63) is 77.8 Å². The largest absolute Gasteiger partial charge is 0.464 e. The van der Waals surface area contributed by atoms with Crippen molar-refractivity contribution in [2.24, 2.45) is 0 Å². The van der Waals surface area contributed by atoms with Crippen LogP contribution in [0.25, 0.3) is 17.1 Å². The quantitative estimate of drug-likeness (QED) is 0.436. The molecule has 152 valence electrons. The van der Waals surface area contributed by atoms with E-state index in [0.717, 1.165) is 3.97 Å². The second-order valence-corrected chi connectivity index (χ2v) is 8.31. The van der Waals surface area contributed by atoms with Gasteiger partial charge in [0.25, 0.3) is 10.0 Å². The van der Waals surface area contributed by atoms with Gasteiger partial charge in [0.1, 0.15) is 0 Å². The van der Waals surface area contributed by atoms with Gasteiger partial charge >= 0.3 is 5.97 Å². The highest BCUT2D eigenvalue weighted by atomic mass is 35.5. The molecular weight excluding hydrogens is 430 g/mol. The molecular formula is C19H14ClN5O4S. The van der Waals surface area contributed by atoms with Gasteiger partial charge in [0.15, 0.2) is 16.7 Å². The normalized spacial score (nSPS) is 11.4. The summed E-state index contributed by atoms with van der Waals surface area (Å²) < 4.78 is 32.9. The highest BCUT2D eigenvalue weighted by molar-refractivity contribution is 7.90. The van der Waals surface area contributed by atoms with Gasteiger partial charge < -0.3 is 4.74 Å². The average Bonchev–Trinajstić information content (AvgIpc) is 3.42. The van der Waals surface area contributed by atoms with E-state index >= 15 is 0 Å². The van der Waals surface area contributed by atoms with Gasteiger partial charge in [-0.15, -0.1) is 10.2 Å². The van der Waals surface area contributed by atoms with E-state index in [1.807, 2.05) is 0 Å². The van der Waals surface area contributed by atoms with Gasteiger partial charge in [0, 0.05) is 18.0 Å². The van der Waals surface area contributed by atoms with Crippen LogP contribution >= 0.6 is 11.6 Å². The van der Waals surface area contributed by atoms with Crippen molar-refractivity contribution in [1.82, 2.24) is 24.0 Å². The molecule has 4 rings (SSSR count). The average molecular weight is 444 g/mol. The third kappa shape index (κ3) is 3.58. The third-order valence-corrected chi connectivity index (χ3v) is 6.07. The van der Waals surface area contributed by atoms with Crippen molar-refractivity contribution in [3.8, 4) is 17.1 Å². The summed E-state index contributed by atoms with van der Waals surface area (Å²) in [5, 5.41) is 12.2. The van der Waals surface area contributed by atoms with E-state index in [1.54, 1.807) is 30.3 Å². The van der Waals surface area contributed by atoms with Crippen molar-refractivity contribution >= 4 is 27.6 Å². The molecule has 4 aromatic rings. The molecule has 0 N–H and O–H groups in total. The summed E-state index contributed by atoms with van der Waals surface area (Å²) in [6.07, 6.45) is 2.85. The number of carbonyl (C=O) groups excluding carboxylic acids is 1. The molecule has 3 heterocycles. The topological polar surface area (TPSA) is 109 Å². The maximum absolute atomic E-state index is 12.9. The molecule has 0 aliphatic carbocycles. The number of rotatable bonds is 5. The van der Waals surface area contributed by atoms with Crippen LogP contribution in [0, 0.1) is 0 Å². The Morgan fingerprint density at radius 2 is 1.83 bits per heavy atom. The summed E-state index contributed by atoms with van der Waals surface area (Å²) in [6, 6.07) is 14.2. The van der Waals surface area contributed by atoms with E-state index < -0.39 is 16.0 Å². The first-order valence-electron chi connectivity index (χ1n) is 8.57. The number of methoxy groups -OCH3 is 1. The van der Waals surface area contributed by atoms with E-state index in [1.165, 1.54) is 48.5 Å². The third-order valence-electron chi connectivity index (χ3n) is 4.22. The smallest absolute Gasteiger partial charge is 0.358 e. The van der Waals surface area contributed by atoms with Crippen LogP contribution in [0.2, 0.25) is 5.15 Å². The lowest BCUT2D eigenvalue weighted by Gasteiger charge is -2.06. The van der Waals surface area contributed by atoms with E-state index in [0.29, 0.717) is 17.1 Å². The first-order chi connectivity index (χ1) is 14.4. The first kappa shape index (κ1) is 19.8. The second-order valence-electron chi connectivity index (χ2n) is 6.08. The number of ether oxygens (including phenoxy) is 1. The molecule has 1 aromatic carbocycles. The molecule has 0 saturated heterocycles. The molecule has 11 heteroatoms. The molecule has 0 saturated carbocycles. The molecule has 0 atom stereocenters. The van der Waals surface area contributed by atoms with Gasteiger partial charge in [0.2, 0.25) is 0 Å². The molecule has 0 unspecified atom stereocenters. The van der Waals surface area contributed by atoms with Gasteiger partial charge in [-0.3, -0.25) is 0 Å². The number of benzene rings is 1. The van der Waals surface area contributed by atoms with E-state index in [2.05, 4.69) is 15.3 Å². The van der Waals surface area contributed by atoms with Gasteiger partial charge in [-0.25, -0.2) is 21.9 Å². The Morgan fingerprint density at radius 1 is 1.07 bits per heavy atom. The Kier molecular flexibility index (Phi) is 5.10. The molecule has 0 amide bonds. The predicted octanol–water partition coefficient (Wildman–Crippen LogP) is 2.81. The number of hydrogen-bond acceptors (Lipinski definition) is 7. The van der Waals surface area contributed by atoms with E-state index in [-0.39, 0.29) is 15.7 Å². The molecule has 0 aliphatic heterocycles. The molecule has 0 aliphatic rings. The van der Waals surface area contributed by atoms with Crippen LogP contribution in [0.4, 0.5) is 0 Å². The van der Waals surface area contributed by atoms with Crippen LogP contribution in [0.1, 0.15) is 10.5 Å². The lowest BCUT2D eigenvalue weighted by Crippen LogP contribution is -2.10. The Balaban J connectivity index is 1.82. The fourth-order valence-corrected chi connectivity index (χ4v) is 4.10. The van der Waals surface area contributed by atoms with Crippen LogP contribution in [0.15, 0.2) is 71.9 Å². The second kappa shape index (κ2) is 7.73. The van der Waals surface area contributed by atoms with Crippen LogP contribution < -0.4 is 0 Å². The lowest BCUT2D eigenvalue weighted by molar-refractivity contribution is 0.0593. The van der Waals surface area contributed by atoms with E-state index in [4.69, 9.17) is 16.3 Å². The van der Waals surface area contributed by atoms with Crippen molar-refractivity contribution in [1.29, 1.82) is 0 Å². The summed E-state index contributed by atoms with van der Waals surface area (Å²) >= 11 is 5.80. The van der Waals surface area contributed by atoms with Crippen molar-refractivity contribution in [2.45, 2.75) is 4.90 Å². The fourth-order valence-electron chi connectivity index (χ4n) is 2.78. The molecule has 3 aromatic heterocycles. The molecule has 0 bridgehead atoms. The maximum Gasteiger partial charge on any atom is 0.358 e. The standard InChI is InChI=1S/C19H14ClN5O4S/c1-29-19(26)15-11-16(25(23-15)18-8-7-17(20)21-22-18)13-9-10-24(12-13)30(27,28)14-5-3-2-4-6-14/h2-12H,1H3. The number of esters is 1. The summed E-state index contributed by atoms with van der Waals surface area (Å²) in [4.78, 5) is 12.1. The zero-order valence-electron chi connectivity index (χ0n) is 15.5. The molecule has 0 radical (unpaired) electrons. The van der Waals surface area contributed by atoms with Crippen molar-refractivity contribution in [3.63, 3.8) is 0 Å². The highest BCUT2D eigenvalue weighted by Gasteiger charge is 2.21. The van der Waals surface area contributed by atoms with Gasteiger partial charge in [-0.2, -0.15) is 5.10 Å². The fraction of sp³-hybridized carbons (Fsp3) is 0.0526. The first-order valence-corrected chi connectivity index (χ1v) is 10.4. The molecule has 30 heavy (non-hydrogen) atoms. The van der Waals surface area contributed by atoms with Gasteiger partial charge in [-0.1, -0.05) is 29.8 Å². The van der Waals surface area contributed by atoms with E-state index in [9.17, 15) is 13.2 Å². The predicted molar refractivity (Wildman–Crippen MR) is 108 cm³/mol. The Morgan fingerprint density at radius 3 is 2.50 bits per heavy atom. The van der Waals surface area contributed by atoms with Crippen molar-refractivity contribution in [2.75, 3.05) is 7.11 Å². The highest BCUT2D eigenvalue weighted by Crippen LogP contribution is 2.26. The Labute approximate surface area is 176 Å². The SMILES string of the molecule is COC(=O)c1cc(-c2ccn(S(=O)(=O)c3ccccc3)c2)n(-c2ccc(Cl)nn2)n1. The number of nitrogens with zero attached hydrogens (tertiary/aromatic N) is 5. The molecule has 0 fully saturated rings. The van der Waals surface area contributed by atoms with Gasteiger partial charge in [-0.05, 0) is 36.4 Å². The number of carbonyl (C=O) groups is 1. The summed E-state index contributed by atoms with van der Waals surface area (Å²) in [5.74, 6) is -0.350. The zero-order chi connectivity index (χ0) is 21.3. The lowest BCUT2D eigenvalue weighted by atomic mass is 10.2. The van der Waals surface area contributed by atoms with Crippen LogP contribution in [0.3, 0.4) is 0 Å². The minimum Gasteiger partial charge on any atom is -0.464 e. The Bertz CT molecular complexity index is 1310. The van der Waals surface area contributed by atoms with Crippen LogP contribution in [-0.2, 0) is 14.8 Å². The Hall–Kier alpha value is -3.50. The van der Waals surface area contributed by atoms with Gasteiger partial charge in [0.05, 0.1) is 17.7 Å². The minimum atomic E-state index is -3.77. The van der Waals surface area contributed by atoms with Crippen LogP contribution in [0.5, 0.6) is 0 Å². The minimum absolute atomic E-state index is 0.0305. The number of halogens is 1. The maximum atomic E-state index is 12.9. The summed E-state index contributed by atoms with van der Waals surface area (Å²) in [7, 11) is -2.53. The summed E-state index contributed by atoms with van der Waals surface area (Å²) in [6.45, 7) is 0. The zero-order valence-corrected chi connectivity index (χ0v) is 17.1. The van der Waals surface area contributed by atoms with Crippen molar-refractivity contribution < 1.29 is 17.9 Å². The number of aromatic nitrogens is 5. The molecule has 0 spiro atoms. The molecule has 9 nitrogen and oxygen atoms in total.